The first-order valence-corrected chi connectivity index (χ1v) is 14.1. The lowest BCUT2D eigenvalue weighted by Gasteiger charge is -2.29. The van der Waals surface area contributed by atoms with Gasteiger partial charge in [0.1, 0.15) is 5.75 Å². The minimum Gasteiger partial charge on any atom is -0.493 e. The Hall–Kier alpha value is -3.30. The van der Waals surface area contributed by atoms with Gasteiger partial charge in [-0.15, -0.1) is 0 Å². The van der Waals surface area contributed by atoms with Crippen molar-refractivity contribution in [2.24, 2.45) is 11.7 Å². The second-order valence-electron chi connectivity index (χ2n) is 10.6. The van der Waals surface area contributed by atoms with E-state index < -0.39 is 11.9 Å². The number of rotatable bonds is 12. The third-order valence-electron chi connectivity index (χ3n) is 8.23. The summed E-state index contributed by atoms with van der Waals surface area (Å²) >= 11 is 0. The van der Waals surface area contributed by atoms with E-state index in [1.165, 1.54) is 0 Å². The van der Waals surface area contributed by atoms with Crippen LogP contribution in [0.3, 0.4) is 0 Å². The molecule has 3 atom stereocenters. The zero-order valence-corrected chi connectivity index (χ0v) is 22.6. The van der Waals surface area contributed by atoms with Crippen molar-refractivity contribution in [3.8, 4) is 17.2 Å². The first-order valence-electron chi connectivity index (χ1n) is 14.1. The summed E-state index contributed by atoms with van der Waals surface area (Å²) in [5.74, 6) is 0.612. The molecule has 2 aromatic rings. The van der Waals surface area contributed by atoms with Gasteiger partial charge in [0.25, 0.3) is 0 Å². The Morgan fingerprint density at radius 1 is 1.13 bits per heavy atom. The van der Waals surface area contributed by atoms with Crippen LogP contribution >= 0.6 is 0 Å². The van der Waals surface area contributed by atoms with E-state index in [2.05, 4.69) is 17.9 Å². The van der Waals surface area contributed by atoms with Crippen molar-refractivity contribution in [3.63, 3.8) is 0 Å². The lowest BCUT2D eigenvalue weighted by molar-refractivity contribution is -0.143. The number of carbonyl (C=O) groups is 2. The van der Waals surface area contributed by atoms with Gasteiger partial charge in [0, 0.05) is 44.6 Å². The van der Waals surface area contributed by atoms with Gasteiger partial charge in [0.2, 0.25) is 12.7 Å². The number of hydrogen-bond acceptors (Lipinski definition) is 7. The van der Waals surface area contributed by atoms with E-state index in [0.29, 0.717) is 51.4 Å². The monoisotopic (exact) mass is 537 g/mol. The summed E-state index contributed by atoms with van der Waals surface area (Å²) < 4.78 is 16.9. The fraction of sp³-hybridized carbons (Fsp3) is 0.533. The molecular formula is C30H39N3O6. The highest BCUT2D eigenvalue weighted by molar-refractivity contribution is 5.79. The largest absolute Gasteiger partial charge is 0.493 e. The summed E-state index contributed by atoms with van der Waals surface area (Å²) in [7, 11) is 0. The molecule has 1 amide bonds. The molecule has 3 heterocycles. The quantitative estimate of drug-likeness (QED) is 0.425. The molecule has 210 valence electrons. The van der Waals surface area contributed by atoms with Gasteiger partial charge in [-0.1, -0.05) is 37.6 Å². The Labute approximate surface area is 229 Å². The van der Waals surface area contributed by atoms with Crippen LogP contribution < -0.4 is 19.9 Å². The summed E-state index contributed by atoms with van der Waals surface area (Å²) in [6.07, 6.45) is 3.93. The minimum absolute atomic E-state index is 0.00313. The number of fused-ring (bicyclic) bond motifs is 2. The number of likely N-dealkylation sites (tertiary alicyclic amines) is 1. The number of hydrogen-bond donors (Lipinski definition) is 2. The van der Waals surface area contributed by atoms with E-state index in [1.807, 2.05) is 35.2 Å². The average molecular weight is 538 g/mol. The van der Waals surface area contributed by atoms with Crippen LogP contribution in [-0.4, -0.2) is 78.9 Å². The van der Waals surface area contributed by atoms with Gasteiger partial charge < -0.3 is 30.0 Å². The maximum Gasteiger partial charge on any atom is 0.308 e. The second-order valence-corrected chi connectivity index (χ2v) is 10.6. The lowest BCUT2D eigenvalue weighted by Crippen LogP contribution is -2.45. The van der Waals surface area contributed by atoms with Crippen molar-refractivity contribution in [2.75, 3.05) is 46.1 Å². The van der Waals surface area contributed by atoms with Crippen LogP contribution in [0.4, 0.5) is 0 Å². The second kappa shape index (κ2) is 12.3. The summed E-state index contributed by atoms with van der Waals surface area (Å²) in [4.78, 5) is 30.2. The molecule has 0 saturated carbocycles. The predicted octanol–water partition coefficient (Wildman–Crippen LogP) is 3.04. The molecule has 0 aromatic heterocycles. The number of amides is 1. The molecule has 3 aliphatic heterocycles. The third kappa shape index (κ3) is 5.84. The zero-order chi connectivity index (χ0) is 27.4. The number of benzene rings is 2. The number of carboxylic acid groups (broad SMARTS) is 1. The third-order valence-corrected chi connectivity index (χ3v) is 8.23. The number of carboxylic acids is 1. The summed E-state index contributed by atoms with van der Waals surface area (Å²) in [5.41, 5.74) is 8.92. The van der Waals surface area contributed by atoms with E-state index in [0.717, 1.165) is 47.5 Å². The zero-order valence-electron chi connectivity index (χ0n) is 22.6. The predicted molar refractivity (Wildman–Crippen MR) is 146 cm³/mol. The highest BCUT2D eigenvalue weighted by Crippen LogP contribution is 2.42. The Balaban J connectivity index is 1.42. The molecule has 0 spiro atoms. The fourth-order valence-electron chi connectivity index (χ4n) is 6.26. The van der Waals surface area contributed by atoms with E-state index in [-0.39, 0.29) is 31.2 Å². The summed E-state index contributed by atoms with van der Waals surface area (Å²) in [6.45, 7) is 5.18. The van der Waals surface area contributed by atoms with Crippen LogP contribution in [-0.2, 0) is 22.4 Å². The number of carbonyl (C=O) groups excluding carboxylic acids is 1. The standard InChI is InChI=1S/C30H39N3O6/c1-2-3-13-32(14-12-31)27(34)18-33-17-23(21-8-10-25-22(16-21)11-15-37-25)28(30(35)36)24(33)9-7-20-5-4-6-26-29(20)39-19-38-26/h4-6,8,10,16,23-24,28H,2-3,7,9,11-15,17-19,31H2,1H3,(H,35,36). The number of aryl methyl sites for hydroxylation is 1. The van der Waals surface area contributed by atoms with E-state index in [1.54, 1.807) is 0 Å². The average Bonchev–Trinajstić information content (AvgIpc) is 3.68. The van der Waals surface area contributed by atoms with Crippen LogP contribution in [0.15, 0.2) is 36.4 Å². The van der Waals surface area contributed by atoms with Crippen molar-refractivity contribution in [1.82, 2.24) is 9.80 Å². The van der Waals surface area contributed by atoms with Crippen molar-refractivity contribution in [1.29, 1.82) is 0 Å². The highest BCUT2D eigenvalue weighted by atomic mass is 16.7. The minimum atomic E-state index is -0.834. The van der Waals surface area contributed by atoms with Gasteiger partial charge in [-0.2, -0.15) is 0 Å². The number of ether oxygens (including phenoxy) is 3. The van der Waals surface area contributed by atoms with Crippen LogP contribution in [0.25, 0.3) is 0 Å². The van der Waals surface area contributed by atoms with Crippen LogP contribution in [0.5, 0.6) is 17.2 Å². The number of para-hydroxylation sites is 1. The molecular weight excluding hydrogens is 498 g/mol. The normalized spacial score (nSPS) is 21.5. The molecule has 1 saturated heterocycles. The smallest absolute Gasteiger partial charge is 0.308 e. The first-order chi connectivity index (χ1) is 19.0. The molecule has 5 rings (SSSR count). The van der Waals surface area contributed by atoms with Crippen molar-refractivity contribution in [2.45, 2.75) is 51.0 Å². The van der Waals surface area contributed by atoms with Gasteiger partial charge in [-0.3, -0.25) is 14.5 Å². The molecule has 1 fully saturated rings. The Morgan fingerprint density at radius 3 is 2.79 bits per heavy atom. The SMILES string of the molecule is CCCCN(CCN)C(=O)CN1CC(c2ccc3c(c2)CCO3)C(C(=O)O)C1CCc1cccc2c1OCO2. The van der Waals surface area contributed by atoms with Crippen LogP contribution in [0.1, 0.15) is 48.8 Å². The van der Waals surface area contributed by atoms with E-state index in [9.17, 15) is 14.7 Å². The van der Waals surface area contributed by atoms with Gasteiger partial charge >= 0.3 is 5.97 Å². The molecule has 3 aliphatic rings. The van der Waals surface area contributed by atoms with E-state index in [4.69, 9.17) is 19.9 Å². The molecule has 39 heavy (non-hydrogen) atoms. The Morgan fingerprint density at radius 2 is 2.00 bits per heavy atom. The topological polar surface area (TPSA) is 115 Å². The highest BCUT2D eigenvalue weighted by Gasteiger charge is 2.47. The molecule has 0 radical (unpaired) electrons. The molecule has 3 unspecified atom stereocenters. The van der Waals surface area contributed by atoms with E-state index >= 15 is 0 Å². The van der Waals surface area contributed by atoms with Crippen LogP contribution in [0, 0.1) is 5.92 Å². The molecule has 2 aromatic carbocycles. The number of unbranched alkanes of at least 4 members (excludes halogenated alkanes) is 1. The molecule has 3 N–H and O–H groups in total. The van der Waals surface area contributed by atoms with Crippen molar-refractivity contribution < 1.29 is 28.9 Å². The van der Waals surface area contributed by atoms with Gasteiger partial charge in [-0.05, 0) is 48.1 Å². The maximum atomic E-state index is 13.5. The van der Waals surface area contributed by atoms with Gasteiger partial charge in [0.05, 0.1) is 19.1 Å². The molecule has 0 bridgehead atoms. The summed E-state index contributed by atoms with van der Waals surface area (Å²) in [5, 5.41) is 10.5. The van der Waals surface area contributed by atoms with Crippen LogP contribution in [0.2, 0.25) is 0 Å². The number of nitrogens with zero attached hydrogens (tertiary/aromatic N) is 2. The Kier molecular flexibility index (Phi) is 8.57. The van der Waals surface area contributed by atoms with Crippen molar-refractivity contribution >= 4 is 11.9 Å². The number of nitrogens with two attached hydrogens (primary N) is 1. The summed E-state index contributed by atoms with van der Waals surface area (Å²) in [6, 6.07) is 11.5. The first kappa shape index (κ1) is 27.3. The van der Waals surface area contributed by atoms with Crippen molar-refractivity contribution in [3.05, 3.63) is 53.1 Å². The maximum absolute atomic E-state index is 13.5. The molecule has 9 nitrogen and oxygen atoms in total. The Bertz CT molecular complexity index is 1190. The van der Waals surface area contributed by atoms with Gasteiger partial charge in [-0.25, -0.2) is 0 Å². The van der Waals surface area contributed by atoms with Gasteiger partial charge in [0.15, 0.2) is 11.5 Å². The lowest BCUT2D eigenvalue weighted by atomic mass is 9.83. The molecule has 9 heteroatoms. The fourth-order valence-corrected chi connectivity index (χ4v) is 6.26. The molecule has 0 aliphatic carbocycles. The number of aliphatic carboxylic acids is 1.